The number of rotatable bonds is 9. The molecule has 95 heavy (non-hydrogen) atoms. The Balaban J connectivity index is 1.11. The zero-order chi connectivity index (χ0) is 65.1. The molecule has 0 spiro atoms. The third-order valence-electron chi connectivity index (χ3n) is 20.0. The van der Waals surface area contributed by atoms with Crippen molar-refractivity contribution in [3.63, 3.8) is 0 Å². The molecule has 0 N–H and O–H groups in total. The summed E-state index contributed by atoms with van der Waals surface area (Å²) in [7, 11) is 0. The number of nitrogens with zero attached hydrogens (tertiary/aromatic N) is 6. The van der Waals surface area contributed by atoms with Crippen molar-refractivity contribution in [2.24, 2.45) is 0 Å². The van der Waals surface area contributed by atoms with Gasteiger partial charge in [-0.15, -0.1) is 0 Å². The van der Waals surface area contributed by atoms with Crippen LogP contribution in [0.1, 0.15) is 55.6 Å². The molecule has 0 unspecified atom stereocenters. The molecule has 13 aromatic carbocycles. The van der Waals surface area contributed by atoms with Gasteiger partial charge in [-0.25, -0.2) is 4.85 Å². The van der Waals surface area contributed by atoms with Gasteiger partial charge in [-0.05, 0) is 239 Å². The first kappa shape index (κ1) is 57.9. The van der Waals surface area contributed by atoms with Gasteiger partial charge >= 0.3 is 0 Å². The van der Waals surface area contributed by atoms with E-state index in [0.717, 1.165) is 132 Å². The lowest BCUT2D eigenvalue weighted by molar-refractivity contribution is 1.08. The van der Waals surface area contributed by atoms with E-state index in [4.69, 9.17) is 4.85 Å². The Kier molecular flexibility index (Phi) is 13.7. The first-order valence-electron chi connectivity index (χ1n) is 32.4. The zero-order valence-corrected chi connectivity index (χ0v) is 54.3. The first-order chi connectivity index (χ1) is 46.3. The van der Waals surface area contributed by atoms with Gasteiger partial charge in [0.05, 0.1) is 67.9 Å². The fourth-order valence-electron chi connectivity index (χ4n) is 15.8. The minimum Gasteiger partial charge on any atom is -0.318 e. The lowest BCUT2D eigenvalue weighted by atomic mass is 9.93. The lowest BCUT2D eigenvalue weighted by Gasteiger charge is -2.24. The van der Waals surface area contributed by atoms with E-state index in [1.165, 1.54) is 44.5 Å². The third-order valence-corrected chi connectivity index (χ3v) is 20.0. The summed E-state index contributed by atoms with van der Waals surface area (Å²) < 4.78 is 6.47. The van der Waals surface area contributed by atoms with E-state index in [0.29, 0.717) is 17.1 Å². The van der Waals surface area contributed by atoms with Crippen LogP contribution in [0.4, 0.5) is 5.69 Å². The highest BCUT2D eigenvalue weighted by Gasteiger charge is 2.34. The van der Waals surface area contributed by atoms with Crippen LogP contribution >= 0.6 is 0 Å². The Bertz CT molecular complexity index is 5430. The standard InChI is InChI=1S/C89H64N6/c1-52-20-16-21-53(2)82(52)64-34-40-76-70(46-64)71-47-65(83-54(3)22-17-23-55(83)4)35-41-77(71)93(76)87-74(50-90)88(94-78-38-32-62(60-28-12-10-13-29-60)44-68(78)69-45-63(33-39-79(69)94)61-30-14-11-15-31-61)86(92-9)89(75(87)51-91)95-80-42-36-66(84-56(5)24-18-25-57(84)6)48-72(80)73-49-67(37-43-81(73)95)85-58(7)26-19-27-59(85)8/h10-49H,1-8H3. The molecule has 6 nitrogen and oxygen atoms in total. The Morgan fingerprint density at radius 2 is 0.495 bits per heavy atom. The van der Waals surface area contributed by atoms with Crippen LogP contribution in [-0.4, -0.2) is 13.7 Å². The first-order valence-corrected chi connectivity index (χ1v) is 32.4. The van der Waals surface area contributed by atoms with Crippen LogP contribution in [-0.2, 0) is 0 Å². The molecule has 3 aromatic heterocycles. The molecule has 16 aromatic rings. The summed E-state index contributed by atoms with van der Waals surface area (Å²) >= 11 is 0. The molecule has 0 saturated carbocycles. The number of aromatic nitrogens is 3. The van der Waals surface area contributed by atoms with Crippen molar-refractivity contribution in [1.82, 2.24) is 13.7 Å². The van der Waals surface area contributed by atoms with Crippen LogP contribution in [0.25, 0.3) is 154 Å². The summed E-state index contributed by atoms with van der Waals surface area (Å²) in [6.07, 6.45) is 0. The molecule has 0 radical (unpaired) electrons. The Morgan fingerprint density at radius 1 is 0.263 bits per heavy atom. The molecule has 0 fully saturated rings. The summed E-state index contributed by atoms with van der Waals surface area (Å²) in [5.41, 5.74) is 29.0. The smallest absolute Gasteiger partial charge is 0.236 e. The lowest BCUT2D eigenvalue weighted by Crippen LogP contribution is -2.11. The van der Waals surface area contributed by atoms with Gasteiger partial charge in [-0.1, -0.05) is 170 Å². The topological polar surface area (TPSA) is 66.7 Å². The summed E-state index contributed by atoms with van der Waals surface area (Å²) in [4.78, 5) is 4.70. The molecule has 0 bridgehead atoms. The molecular weight excluding hydrogens is 1150 g/mol. The fourth-order valence-corrected chi connectivity index (χ4v) is 15.8. The minimum atomic E-state index is 0.173. The van der Waals surface area contributed by atoms with Crippen molar-refractivity contribution in [1.29, 1.82) is 10.5 Å². The summed E-state index contributed by atoms with van der Waals surface area (Å²) in [5.74, 6) is 0. The van der Waals surface area contributed by atoms with E-state index in [9.17, 15) is 17.1 Å². The maximum atomic E-state index is 12.7. The maximum Gasteiger partial charge on any atom is 0.236 e. The van der Waals surface area contributed by atoms with E-state index >= 15 is 0 Å². The Labute approximate surface area is 553 Å². The fraction of sp³-hybridized carbons (Fsp3) is 0.0899. The number of hydrogen-bond donors (Lipinski definition) is 0. The molecular formula is C89H64N6. The van der Waals surface area contributed by atoms with Gasteiger partial charge in [-0.3, -0.25) is 0 Å². The molecule has 0 aliphatic carbocycles. The average Bonchev–Trinajstić information content (AvgIpc) is 1.56. The van der Waals surface area contributed by atoms with Crippen molar-refractivity contribution in [3.8, 4) is 96.0 Å². The van der Waals surface area contributed by atoms with Gasteiger partial charge in [0.2, 0.25) is 5.69 Å². The van der Waals surface area contributed by atoms with Crippen LogP contribution in [0.3, 0.4) is 0 Å². The predicted molar refractivity (Wildman–Crippen MR) is 396 cm³/mol. The van der Waals surface area contributed by atoms with Crippen LogP contribution in [0.2, 0.25) is 0 Å². The van der Waals surface area contributed by atoms with Gasteiger partial charge in [0.1, 0.15) is 12.1 Å². The highest BCUT2D eigenvalue weighted by atomic mass is 15.1. The van der Waals surface area contributed by atoms with Gasteiger partial charge in [0.25, 0.3) is 0 Å². The molecule has 0 aliphatic heterocycles. The molecule has 0 aliphatic rings. The molecule has 0 amide bonds. The van der Waals surface area contributed by atoms with E-state index in [-0.39, 0.29) is 16.8 Å². The van der Waals surface area contributed by atoms with Crippen molar-refractivity contribution in [2.75, 3.05) is 0 Å². The Hall–Kier alpha value is -12.3. The van der Waals surface area contributed by atoms with E-state index in [1.807, 2.05) is 12.1 Å². The van der Waals surface area contributed by atoms with E-state index in [1.54, 1.807) is 0 Å². The highest BCUT2D eigenvalue weighted by Crippen LogP contribution is 2.51. The van der Waals surface area contributed by atoms with Crippen LogP contribution in [0, 0.1) is 84.6 Å². The number of nitriles is 2. The number of hydrogen-bond acceptors (Lipinski definition) is 2. The largest absolute Gasteiger partial charge is 0.318 e. The molecule has 16 rings (SSSR count). The molecule has 6 heteroatoms. The van der Waals surface area contributed by atoms with Gasteiger partial charge < -0.3 is 13.7 Å². The molecule has 0 atom stereocenters. The summed E-state index contributed by atoms with van der Waals surface area (Å²) in [5, 5.41) is 31.1. The van der Waals surface area contributed by atoms with Crippen LogP contribution < -0.4 is 0 Å². The van der Waals surface area contributed by atoms with Crippen molar-refractivity contribution < 1.29 is 0 Å². The SMILES string of the molecule is [C-]#[N+]c1c(-n2c3ccc(-c4ccccc4)cc3c3cc(-c4ccccc4)ccc32)c(C#N)c(-n2c3ccc(-c4c(C)cccc4C)cc3c3cc(-c4c(C)cccc4C)ccc32)c(C#N)c1-n1c2ccc(-c3c(C)cccc3C)cc2c2cc(-c3c(C)cccc3C)ccc21. The average molecular weight is 1220 g/mol. The second kappa shape index (κ2) is 22.5. The second-order valence-electron chi connectivity index (χ2n) is 25.7. The maximum absolute atomic E-state index is 12.7. The Morgan fingerprint density at radius 3 is 0.737 bits per heavy atom. The van der Waals surface area contributed by atoms with E-state index < -0.39 is 0 Å². The monoisotopic (exact) mass is 1220 g/mol. The molecule has 450 valence electrons. The number of aryl methyl sites for hydroxylation is 8. The third kappa shape index (κ3) is 9.04. The quantitative estimate of drug-likeness (QED) is 0.135. The van der Waals surface area contributed by atoms with Crippen LogP contribution in [0.5, 0.6) is 0 Å². The van der Waals surface area contributed by atoms with Gasteiger partial charge in [-0.2, -0.15) is 10.5 Å². The molecule has 3 heterocycles. The normalized spacial score (nSPS) is 11.5. The van der Waals surface area contributed by atoms with Gasteiger partial charge in [0.15, 0.2) is 0 Å². The number of fused-ring (bicyclic) bond motifs is 9. The highest BCUT2D eigenvalue weighted by molar-refractivity contribution is 6.17. The van der Waals surface area contributed by atoms with Crippen LogP contribution in [0.15, 0.2) is 243 Å². The minimum absolute atomic E-state index is 0.173. The summed E-state index contributed by atoms with van der Waals surface area (Å²) in [6, 6.07) is 91.8. The number of benzene rings is 13. The van der Waals surface area contributed by atoms with Gasteiger partial charge in [0, 0.05) is 32.3 Å². The van der Waals surface area contributed by atoms with Crippen molar-refractivity contribution in [2.45, 2.75) is 55.4 Å². The second-order valence-corrected chi connectivity index (χ2v) is 25.7. The molecule has 0 saturated heterocycles. The predicted octanol–water partition coefficient (Wildman–Crippen LogP) is 23.7. The van der Waals surface area contributed by atoms with E-state index in [2.05, 4.69) is 312 Å². The van der Waals surface area contributed by atoms with Crippen molar-refractivity contribution in [3.05, 3.63) is 310 Å². The van der Waals surface area contributed by atoms with Crippen molar-refractivity contribution >= 4 is 71.1 Å². The zero-order valence-electron chi connectivity index (χ0n) is 54.3. The summed E-state index contributed by atoms with van der Waals surface area (Å²) in [6.45, 7) is 27.2.